The molecule has 0 atom stereocenters. The molecule has 6 nitrogen and oxygen atoms in total. The van der Waals surface area contributed by atoms with Crippen molar-refractivity contribution in [2.45, 2.75) is 64.8 Å². The van der Waals surface area contributed by atoms with Crippen LogP contribution in [0.1, 0.15) is 50.7 Å². The summed E-state index contributed by atoms with van der Waals surface area (Å²) in [6, 6.07) is 14.5. The van der Waals surface area contributed by atoms with Crippen LogP contribution in [0.3, 0.4) is 0 Å². The Morgan fingerprint density at radius 1 is 1.03 bits per heavy atom. The van der Waals surface area contributed by atoms with Crippen molar-refractivity contribution in [3.05, 3.63) is 65.5 Å². The summed E-state index contributed by atoms with van der Waals surface area (Å²) in [5, 5.41) is 0. The highest BCUT2D eigenvalue weighted by molar-refractivity contribution is 5.79. The van der Waals surface area contributed by atoms with Gasteiger partial charge in [0.05, 0.1) is 26.2 Å². The van der Waals surface area contributed by atoms with Crippen molar-refractivity contribution < 1.29 is 23.4 Å². The summed E-state index contributed by atoms with van der Waals surface area (Å²) in [4.78, 5) is 18.0. The number of likely N-dealkylation sites (tertiary alicyclic amines) is 1. The molecule has 1 amide bonds. The molecule has 2 fully saturated rings. The van der Waals surface area contributed by atoms with Gasteiger partial charge in [-0.3, -0.25) is 4.79 Å². The van der Waals surface area contributed by atoms with E-state index in [9.17, 15) is 9.18 Å². The summed E-state index contributed by atoms with van der Waals surface area (Å²) in [7, 11) is 0. The zero-order chi connectivity index (χ0) is 26.0. The van der Waals surface area contributed by atoms with Crippen molar-refractivity contribution >= 4 is 5.91 Å². The average molecular weight is 513 g/mol. The topological polar surface area (TPSA) is 51.2 Å². The number of nitrogens with zero attached hydrogens (tertiary/aromatic N) is 2. The summed E-state index contributed by atoms with van der Waals surface area (Å²) in [5.74, 6) is 1.13. The molecular formula is C30H41FN2O4. The van der Waals surface area contributed by atoms with E-state index in [1.165, 1.54) is 12.1 Å². The molecule has 0 aliphatic carbocycles. The van der Waals surface area contributed by atoms with Crippen molar-refractivity contribution in [3.63, 3.8) is 0 Å². The quantitative estimate of drug-likeness (QED) is 0.398. The number of carbonyl (C=O) groups is 1. The van der Waals surface area contributed by atoms with Crippen LogP contribution in [0, 0.1) is 11.7 Å². The van der Waals surface area contributed by atoms with E-state index in [1.807, 2.05) is 29.2 Å². The maximum absolute atomic E-state index is 13.6. The predicted octanol–water partition coefficient (Wildman–Crippen LogP) is 5.05. The van der Waals surface area contributed by atoms with Crippen LogP contribution in [-0.2, 0) is 27.2 Å². The lowest BCUT2D eigenvalue weighted by molar-refractivity contribution is -0.134. The third-order valence-corrected chi connectivity index (χ3v) is 7.05. The molecule has 2 saturated heterocycles. The number of amides is 1. The zero-order valence-corrected chi connectivity index (χ0v) is 22.2. The van der Waals surface area contributed by atoms with E-state index in [0.717, 1.165) is 62.2 Å². The van der Waals surface area contributed by atoms with Crippen molar-refractivity contribution in [2.75, 3.05) is 39.5 Å². The first-order valence-electron chi connectivity index (χ1n) is 13.7. The maximum Gasteiger partial charge on any atom is 0.227 e. The van der Waals surface area contributed by atoms with E-state index >= 15 is 0 Å². The first-order valence-corrected chi connectivity index (χ1v) is 13.7. The van der Waals surface area contributed by atoms with E-state index in [2.05, 4.69) is 18.7 Å². The molecule has 0 saturated carbocycles. The highest BCUT2D eigenvalue weighted by Gasteiger charge is 2.28. The van der Waals surface area contributed by atoms with Gasteiger partial charge in [0.15, 0.2) is 6.29 Å². The lowest BCUT2D eigenvalue weighted by Gasteiger charge is -2.39. The summed E-state index contributed by atoms with van der Waals surface area (Å²) in [6.07, 6.45) is 4.14. The molecule has 7 heteroatoms. The number of piperidine rings is 1. The van der Waals surface area contributed by atoms with E-state index in [4.69, 9.17) is 14.2 Å². The Bertz CT molecular complexity index is 953. The smallest absolute Gasteiger partial charge is 0.227 e. The molecule has 2 aromatic rings. The van der Waals surface area contributed by atoms with Gasteiger partial charge in [-0.1, -0.05) is 38.1 Å². The van der Waals surface area contributed by atoms with Crippen LogP contribution in [0.25, 0.3) is 0 Å². The Morgan fingerprint density at radius 2 is 1.68 bits per heavy atom. The molecule has 0 bridgehead atoms. The molecular weight excluding hydrogens is 471 g/mol. The number of carbonyl (C=O) groups excluding carboxylic acids is 1. The molecule has 0 spiro atoms. The lowest BCUT2D eigenvalue weighted by atomic mass is 10.00. The minimum absolute atomic E-state index is 0.0443. The summed E-state index contributed by atoms with van der Waals surface area (Å²) < 4.78 is 30.4. The minimum atomic E-state index is -0.261. The number of halogens is 1. The van der Waals surface area contributed by atoms with Gasteiger partial charge in [0.25, 0.3) is 0 Å². The first-order chi connectivity index (χ1) is 18.0. The fraction of sp³-hybridized carbons (Fsp3) is 0.567. The standard InChI is InChI=1S/C30H41FN2O4/c1-23(2)22-37-28-11-7-24(8-12-28)20-29(34)33(21-25-5-9-26(31)10-6-25)27-13-16-32(17-14-27)15-3-4-30-35-18-19-36-30/h5-12,23,27,30H,3-4,13-22H2,1-2H3. The van der Waals surface area contributed by atoms with Crippen LogP contribution in [0.5, 0.6) is 5.75 Å². The molecule has 0 unspecified atom stereocenters. The number of rotatable bonds is 12. The number of ether oxygens (including phenoxy) is 3. The Morgan fingerprint density at radius 3 is 2.32 bits per heavy atom. The zero-order valence-electron chi connectivity index (χ0n) is 22.2. The molecule has 0 aromatic heterocycles. The average Bonchev–Trinajstić information content (AvgIpc) is 3.42. The van der Waals surface area contributed by atoms with Gasteiger partial charge in [0, 0.05) is 25.7 Å². The summed E-state index contributed by atoms with van der Waals surface area (Å²) in [5.41, 5.74) is 1.92. The molecule has 202 valence electrons. The van der Waals surface area contributed by atoms with Crippen LogP contribution in [-0.4, -0.2) is 67.5 Å². The molecule has 0 N–H and O–H groups in total. The van der Waals surface area contributed by atoms with Crippen LogP contribution >= 0.6 is 0 Å². The van der Waals surface area contributed by atoms with Crippen molar-refractivity contribution in [1.82, 2.24) is 9.80 Å². The Hall–Kier alpha value is -2.48. The van der Waals surface area contributed by atoms with Gasteiger partial charge in [0.2, 0.25) is 5.91 Å². The fourth-order valence-corrected chi connectivity index (χ4v) is 4.96. The van der Waals surface area contributed by atoms with Crippen LogP contribution in [0.2, 0.25) is 0 Å². The molecule has 4 rings (SSSR count). The maximum atomic E-state index is 13.6. The fourth-order valence-electron chi connectivity index (χ4n) is 4.96. The van der Waals surface area contributed by atoms with E-state index in [0.29, 0.717) is 38.7 Å². The number of hydrogen-bond donors (Lipinski definition) is 0. The normalized spacial score (nSPS) is 17.4. The largest absolute Gasteiger partial charge is 0.493 e. The van der Waals surface area contributed by atoms with Gasteiger partial charge < -0.3 is 24.0 Å². The second kappa shape index (κ2) is 13.9. The van der Waals surface area contributed by atoms with Crippen molar-refractivity contribution in [2.24, 2.45) is 5.92 Å². The third kappa shape index (κ3) is 8.80. The highest BCUT2D eigenvalue weighted by atomic mass is 19.1. The molecule has 37 heavy (non-hydrogen) atoms. The number of benzene rings is 2. The molecule has 2 heterocycles. The summed E-state index contributed by atoms with van der Waals surface area (Å²) >= 11 is 0. The van der Waals surface area contributed by atoms with Crippen molar-refractivity contribution in [3.8, 4) is 5.75 Å². The molecule has 2 aliphatic heterocycles. The number of hydrogen-bond acceptors (Lipinski definition) is 5. The molecule has 2 aliphatic rings. The van der Waals surface area contributed by atoms with Gasteiger partial charge in [-0.25, -0.2) is 4.39 Å². The second-order valence-electron chi connectivity index (χ2n) is 10.6. The predicted molar refractivity (Wildman–Crippen MR) is 142 cm³/mol. The Balaban J connectivity index is 1.34. The monoisotopic (exact) mass is 512 g/mol. The SMILES string of the molecule is CC(C)COc1ccc(CC(=O)N(Cc2ccc(F)cc2)C2CCN(CCCC3OCCO3)CC2)cc1. The summed E-state index contributed by atoms with van der Waals surface area (Å²) in [6.45, 7) is 9.75. The van der Waals surface area contributed by atoms with E-state index in [1.54, 1.807) is 12.1 Å². The van der Waals surface area contributed by atoms with Crippen LogP contribution in [0.4, 0.5) is 4.39 Å². The Labute approximate surface area is 220 Å². The van der Waals surface area contributed by atoms with Gasteiger partial charge in [-0.2, -0.15) is 0 Å². The van der Waals surface area contributed by atoms with Gasteiger partial charge >= 0.3 is 0 Å². The third-order valence-electron chi connectivity index (χ3n) is 7.05. The van der Waals surface area contributed by atoms with Crippen LogP contribution < -0.4 is 4.74 Å². The first kappa shape index (κ1) is 27.6. The van der Waals surface area contributed by atoms with E-state index < -0.39 is 0 Å². The van der Waals surface area contributed by atoms with Gasteiger partial charge in [-0.15, -0.1) is 0 Å². The van der Waals surface area contributed by atoms with E-state index in [-0.39, 0.29) is 24.1 Å². The minimum Gasteiger partial charge on any atom is -0.493 e. The molecule has 0 radical (unpaired) electrons. The lowest BCUT2D eigenvalue weighted by Crippen LogP contribution is -2.47. The van der Waals surface area contributed by atoms with Gasteiger partial charge in [0.1, 0.15) is 11.6 Å². The Kier molecular flexibility index (Phi) is 10.3. The highest BCUT2D eigenvalue weighted by Crippen LogP contribution is 2.22. The second-order valence-corrected chi connectivity index (χ2v) is 10.6. The van der Waals surface area contributed by atoms with Gasteiger partial charge in [-0.05, 0) is 73.5 Å². The van der Waals surface area contributed by atoms with Crippen LogP contribution in [0.15, 0.2) is 48.5 Å². The van der Waals surface area contributed by atoms with Crippen molar-refractivity contribution in [1.29, 1.82) is 0 Å². The molecule has 2 aromatic carbocycles.